The van der Waals surface area contributed by atoms with Crippen molar-refractivity contribution in [1.82, 2.24) is 0 Å². The zero-order valence-corrected chi connectivity index (χ0v) is 17.2. The molecule has 0 heterocycles. The lowest BCUT2D eigenvalue weighted by atomic mass is 10.2. The first-order chi connectivity index (χ1) is 13.3. The molecule has 2 aromatic carbocycles. The molecule has 0 amide bonds. The topological polar surface area (TPSA) is 82.1 Å². The molecule has 0 aliphatic heterocycles. The molecule has 1 atom stereocenters. The van der Waals surface area contributed by atoms with Crippen LogP contribution in [0.5, 0.6) is 11.5 Å². The molecule has 2 rings (SSSR count). The smallest absolute Gasteiger partial charge is 0.495 e. The van der Waals surface area contributed by atoms with Gasteiger partial charge in [-0.25, -0.2) is 13.2 Å². The fourth-order valence-corrected chi connectivity index (χ4v) is 3.59. The van der Waals surface area contributed by atoms with Crippen molar-refractivity contribution in [1.29, 1.82) is 0 Å². The Morgan fingerprint density at radius 3 is 2.36 bits per heavy atom. The molecule has 152 valence electrons. The first-order valence-electron chi connectivity index (χ1n) is 8.93. The van der Waals surface area contributed by atoms with E-state index < -0.39 is 22.2 Å². The van der Waals surface area contributed by atoms with Gasteiger partial charge in [0, 0.05) is 6.54 Å². The van der Waals surface area contributed by atoms with Crippen molar-refractivity contribution >= 4 is 21.7 Å². The van der Waals surface area contributed by atoms with E-state index in [2.05, 4.69) is 0 Å². The van der Waals surface area contributed by atoms with Gasteiger partial charge in [0.05, 0.1) is 23.4 Å². The van der Waals surface area contributed by atoms with Gasteiger partial charge in [0.1, 0.15) is 11.5 Å². The molecule has 8 heteroatoms. The van der Waals surface area contributed by atoms with Gasteiger partial charge in [-0.2, -0.15) is 0 Å². The third-order valence-corrected chi connectivity index (χ3v) is 5.92. The number of rotatable bonds is 8. The van der Waals surface area contributed by atoms with E-state index in [0.717, 1.165) is 0 Å². The molecule has 0 spiro atoms. The van der Waals surface area contributed by atoms with Crippen LogP contribution >= 0.6 is 0 Å². The highest BCUT2D eigenvalue weighted by Crippen LogP contribution is 2.33. The summed E-state index contributed by atoms with van der Waals surface area (Å²) < 4.78 is 40.4. The zero-order chi connectivity index (χ0) is 20.7. The second kappa shape index (κ2) is 9.45. The number of hydrogen-bond acceptors (Lipinski definition) is 7. The third kappa shape index (κ3) is 5.16. The van der Waals surface area contributed by atoms with E-state index in [-0.39, 0.29) is 10.6 Å². The Morgan fingerprint density at radius 2 is 1.79 bits per heavy atom. The van der Waals surface area contributed by atoms with E-state index in [1.165, 1.54) is 19.2 Å². The number of sulfone groups is 1. The number of anilines is 1. The van der Waals surface area contributed by atoms with E-state index in [9.17, 15) is 13.2 Å². The quantitative estimate of drug-likeness (QED) is 0.373. The maximum atomic E-state index is 12.2. The van der Waals surface area contributed by atoms with Gasteiger partial charge in [-0.1, -0.05) is 25.1 Å². The average Bonchev–Trinajstić information content (AvgIpc) is 2.69. The molecule has 0 saturated carbocycles. The second-order valence-electron chi connectivity index (χ2n) is 5.91. The Bertz CT molecular complexity index is 898. The molecule has 0 bridgehead atoms. The summed E-state index contributed by atoms with van der Waals surface area (Å²) in [6, 6.07) is 13.2. The minimum absolute atomic E-state index is 0.0135. The summed E-state index contributed by atoms with van der Waals surface area (Å²) in [5.74, 6) is 0.834. The first-order valence-corrected chi connectivity index (χ1v) is 10.6. The molecule has 28 heavy (non-hydrogen) atoms. The maximum absolute atomic E-state index is 12.2. The Labute approximate surface area is 165 Å². The summed E-state index contributed by atoms with van der Waals surface area (Å²) >= 11 is 0. The van der Waals surface area contributed by atoms with Crippen LogP contribution in [-0.4, -0.2) is 40.2 Å². The van der Waals surface area contributed by atoms with Gasteiger partial charge in [0.2, 0.25) is 0 Å². The van der Waals surface area contributed by atoms with Crippen molar-refractivity contribution in [2.45, 2.75) is 31.9 Å². The summed E-state index contributed by atoms with van der Waals surface area (Å²) in [6.45, 7) is 5.58. The van der Waals surface area contributed by atoms with Crippen molar-refractivity contribution < 1.29 is 27.4 Å². The van der Waals surface area contributed by atoms with Crippen LogP contribution < -0.4 is 14.4 Å². The standard InChI is InChI=1S/C20H25NO6S/c1-5-21(15(3)26-20(22)27-16-10-8-7-9-11-16)18-14-17(28(23,24)6-2)12-13-19(18)25-4/h7-15H,5-6H2,1-4H3. The highest BCUT2D eigenvalue weighted by Gasteiger charge is 2.23. The van der Waals surface area contributed by atoms with Crippen LogP contribution in [0.2, 0.25) is 0 Å². The number of ether oxygens (including phenoxy) is 3. The van der Waals surface area contributed by atoms with Gasteiger partial charge in [0.25, 0.3) is 0 Å². The molecule has 0 N–H and O–H groups in total. The first kappa shape index (κ1) is 21.6. The lowest BCUT2D eigenvalue weighted by molar-refractivity contribution is 0.0643. The summed E-state index contributed by atoms with van der Waals surface area (Å²) in [5.41, 5.74) is 0.513. The predicted molar refractivity (Wildman–Crippen MR) is 107 cm³/mol. The van der Waals surface area contributed by atoms with E-state index in [4.69, 9.17) is 14.2 Å². The number of nitrogens with zero attached hydrogens (tertiary/aromatic N) is 1. The Kier molecular flexibility index (Phi) is 7.28. The van der Waals surface area contributed by atoms with Crippen molar-refractivity contribution in [3.05, 3.63) is 48.5 Å². The van der Waals surface area contributed by atoms with Crippen LogP contribution in [0.1, 0.15) is 20.8 Å². The molecule has 0 radical (unpaired) electrons. The molecular formula is C20H25NO6S. The average molecular weight is 407 g/mol. The van der Waals surface area contributed by atoms with Crippen molar-refractivity contribution in [3.63, 3.8) is 0 Å². The number of benzene rings is 2. The van der Waals surface area contributed by atoms with Crippen LogP contribution in [0, 0.1) is 0 Å². The van der Waals surface area contributed by atoms with Crippen LogP contribution in [0.4, 0.5) is 10.5 Å². The molecule has 2 aromatic rings. The van der Waals surface area contributed by atoms with Crippen molar-refractivity contribution in [2.24, 2.45) is 0 Å². The van der Waals surface area contributed by atoms with Crippen LogP contribution in [0.25, 0.3) is 0 Å². The summed E-state index contributed by atoms with van der Waals surface area (Å²) in [7, 11) is -1.90. The molecule has 1 unspecified atom stereocenters. The molecule has 0 aromatic heterocycles. The largest absolute Gasteiger partial charge is 0.515 e. The molecule has 7 nitrogen and oxygen atoms in total. The third-order valence-electron chi connectivity index (χ3n) is 4.19. The Morgan fingerprint density at radius 1 is 1.11 bits per heavy atom. The number of carbonyl (C=O) groups is 1. The lowest BCUT2D eigenvalue weighted by Crippen LogP contribution is -2.37. The minimum Gasteiger partial charge on any atom is -0.495 e. The van der Waals surface area contributed by atoms with E-state index >= 15 is 0 Å². The SMILES string of the molecule is CCN(c1cc(S(=O)(=O)CC)ccc1OC)C(C)OC(=O)Oc1ccccc1. The molecular weight excluding hydrogens is 382 g/mol. The Balaban J connectivity index is 2.25. The van der Waals surface area contributed by atoms with Gasteiger partial charge < -0.3 is 19.1 Å². The second-order valence-corrected chi connectivity index (χ2v) is 8.18. The highest BCUT2D eigenvalue weighted by molar-refractivity contribution is 7.91. The van der Waals surface area contributed by atoms with Gasteiger partial charge in [-0.3, -0.25) is 0 Å². The minimum atomic E-state index is -3.39. The van der Waals surface area contributed by atoms with E-state index in [1.54, 1.807) is 49.1 Å². The van der Waals surface area contributed by atoms with Gasteiger partial charge in [-0.15, -0.1) is 0 Å². The molecule has 0 aliphatic rings. The fraction of sp³-hybridized carbons (Fsp3) is 0.350. The van der Waals surface area contributed by atoms with E-state index in [0.29, 0.717) is 23.7 Å². The van der Waals surface area contributed by atoms with Gasteiger partial charge in [-0.05, 0) is 44.2 Å². The predicted octanol–water partition coefficient (Wildman–Crippen LogP) is 3.88. The van der Waals surface area contributed by atoms with Crippen LogP contribution in [-0.2, 0) is 14.6 Å². The summed E-state index contributed by atoms with van der Waals surface area (Å²) in [5, 5.41) is 0. The van der Waals surface area contributed by atoms with Crippen molar-refractivity contribution in [2.75, 3.05) is 24.3 Å². The van der Waals surface area contributed by atoms with Gasteiger partial charge in [0.15, 0.2) is 16.1 Å². The van der Waals surface area contributed by atoms with Crippen molar-refractivity contribution in [3.8, 4) is 11.5 Å². The number of carbonyl (C=O) groups excluding carboxylic acids is 1. The summed E-state index contributed by atoms with van der Waals surface area (Å²) in [6.07, 6.45) is -1.57. The summed E-state index contributed by atoms with van der Waals surface area (Å²) in [4.78, 5) is 14.0. The van der Waals surface area contributed by atoms with Crippen LogP contribution in [0.15, 0.2) is 53.4 Å². The van der Waals surface area contributed by atoms with Crippen LogP contribution in [0.3, 0.4) is 0 Å². The zero-order valence-electron chi connectivity index (χ0n) is 16.4. The number of para-hydroxylation sites is 1. The van der Waals surface area contributed by atoms with E-state index in [1.807, 2.05) is 13.0 Å². The highest BCUT2D eigenvalue weighted by atomic mass is 32.2. The van der Waals surface area contributed by atoms with Gasteiger partial charge >= 0.3 is 6.16 Å². The normalized spacial score (nSPS) is 12.1. The fourth-order valence-electron chi connectivity index (χ4n) is 2.69. The number of hydrogen-bond donors (Lipinski definition) is 0. The maximum Gasteiger partial charge on any atom is 0.515 e. The monoisotopic (exact) mass is 407 g/mol. The lowest BCUT2D eigenvalue weighted by Gasteiger charge is -2.30. The molecule has 0 aliphatic carbocycles. The number of methoxy groups -OCH3 is 1. The molecule has 0 fully saturated rings. The molecule has 0 saturated heterocycles. The Hall–Kier alpha value is -2.74.